The third kappa shape index (κ3) is 3.78. The number of carbonyl (C=O) groups is 2. The predicted molar refractivity (Wildman–Crippen MR) is 127 cm³/mol. The molecule has 162 valence electrons. The molecule has 0 atom stereocenters. The highest BCUT2D eigenvalue weighted by Crippen LogP contribution is 2.37. The van der Waals surface area contributed by atoms with Gasteiger partial charge in [-0.25, -0.2) is 9.29 Å². The van der Waals surface area contributed by atoms with Crippen LogP contribution < -0.4 is 10.2 Å². The molecule has 0 spiro atoms. The number of nitrogens with one attached hydrogen (secondary N) is 1. The fraction of sp³-hybridized carbons (Fsp3) is 0.120. The fourth-order valence-electron chi connectivity index (χ4n) is 3.73. The largest absolute Gasteiger partial charge is 0.350 e. The van der Waals surface area contributed by atoms with Crippen LogP contribution in [-0.4, -0.2) is 11.8 Å². The minimum Gasteiger partial charge on any atom is -0.350 e. The van der Waals surface area contributed by atoms with Gasteiger partial charge in [-0.3, -0.25) is 9.59 Å². The van der Waals surface area contributed by atoms with E-state index in [1.807, 2.05) is 39.0 Å². The van der Waals surface area contributed by atoms with Gasteiger partial charge in [0.05, 0.1) is 16.3 Å². The zero-order chi connectivity index (χ0) is 23.2. The molecule has 0 saturated heterocycles. The number of hydrogen-bond acceptors (Lipinski definition) is 3. The topological polar surface area (TPSA) is 49.4 Å². The number of carbonyl (C=O) groups excluding carboxylic acids is 2. The minimum absolute atomic E-state index is 0.118. The van der Waals surface area contributed by atoms with Gasteiger partial charge in [-0.1, -0.05) is 53.0 Å². The SMILES string of the molecule is Cc1ccc(C2=C(Nc3cccc(Cl)c3C)C(=O)N(c3ccc(F)c(Cl)c3)C2=O)c(C)c1. The van der Waals surface area contributed by atoms with Crippen molar-refractivity contribution in [2.45, 2.75) is 20.8 Å². The van der Waals surface area contributed by atoms with Crippen molar-refractivity contribution in [1.82, 2.24) is 0 Å². The average Bonchev–Trinajstić information content (AvgIpc) is 2.97. The second-order valence-corrected chi connectivity index (χ2v) is 8.46. The maximum atomic E-state index is 13.7. The third-order valence-electron chi connectivity index (χ3n) is 5.42. The molecule has 1 heterocycles. The van der Waals surface area contributed by atoms with E-state index in [0.717, 1.165) is 27.7 Å². The van der Waals surface area contributed by atoms with Crippen LogP contribution in [0.2, 0.25) is 10.0 Å². The van der Waals surface area contributed by atoms with Crippen LogP contribution in [0.4, 0.5) is 15.8 Å². The highest BCUT2D eigenvalue weighted by molar-refractivity contribution is 6.46. The third-order valence-corrected chi connectivity index (χ3v) is 6.12. The first-order valence-corrected chi connectivity index (χ1v) is 10.6. The Morgan fingerprint density at radius 1 is 0.875 bits per heavy atom. The number of anilines is 2. The normalized spacial score (nSPS) is 13.9. The van der Waals surface area contributed by atoms with Crippen LogP contribution in [0.25, 0.3) is 5.57 Å². The Balaban J connectivity index is 1.89. The molecule has 0 fully saturated rings. The van der Waals surface area contributed by atoms with Crippen molar-refractivity contribution < 1.29 is 14.0 Å². The Morgan fingerprint density at radius 3 is 2.31 bits per heavy atom. The Labute approximate surface area is 195 Å². The van der Waals surface area contributed by atoms with Crippen molar-refractivity contribution in [3.8, 4) is 0 Å². The molecule has 0 unspecified atom stereocenters. The Morgan fingerprint density at radius 2 is 1.62 bits per heavy atom. The quantitative estimate of drug-likeness (QED) is 0.447. The summed E-state index contributed by atoms with van der Waals surface area (Å²) >= 11 is 12.2. The maximum absolute atomic E-state index is 13.7. The fourth-order valence-corrected chi connectivity index (χ4v) is 4.08. The van der Waals surface area contributed by atoms with E-state index >= 15 is 0 Å². The van der Waals surface area contributed by atoms with Crippen molar-refractivity contribution in [1.29, 1.82) is 0 Å². The first-order valence-electron chi connectivity index (χ1n) is 9.87. The summed E-state index contributed by atoms with van der Waals surface area (Å²) in [6, 6.07) is 14.7. The zero-order valence-electron chi connectivity index (χ0n) is 17.6. The zero-order valence-corrected chi connectivity index (χ0v) is 19.1. The van der Waals surface area contributed by atoms with Gasteiger partial charge in [0.15, 0.2) is 0 Å². The number of hydrogen-bond donors (Lipinski definition) is 1. The lowest BCUT2D eigenvalue weighted by Crippen LogP contribution is -2.32. The van der Waals surface area contributed by atoms with E-state index in [0.29, 0.717) is 16.3 Å². The van der Waals surface area contributed by atoms with Crippen molar-refractivity contribution in [2.75, 3.05) is 10.2 Å². The monoisotopic (exact) mass is 468 g/mol. The van der Waals surface area contributed by atoms with E-state index in [-0.39, 0.29) is 22.0 Å². The predicted octanol–water partition coefficient (Wildman–Crippen LogP) is 6.45. The highest BCUT2D eigenvalue weighted by Gasteiger charge is 2.41. The van der Waals surface area contributed by atoms with E-state index in [1.165, 1.54) is 12.1 Å². The molecule has 0 radical (unpaired) electrons. The van der Waals surface area contributed by atoms with Gasteiger partial charge < -0.3 is 5.32 Å². The van der Waals surface area contributed by atoms with Gasteiger partial charge in [-0.2, -0.15) is 0 Å². The van der Waals surface area contributed by atoms with Gasteiger partial charge in [0.25, 0.3) is 11.8 Å². The van der Waals surface area contributed by atoms with Crippen molar-refractivity contribution >= 4 is 52.0 Å². The summed E-state index contributed by atoms with van der Waals surface area (Å²) in [6.45, 7) is 5.65. The molecule has 1 aliphatic rings. The molecule has 0 aliphatic carbocycles. The van der Waals surface area contributed by atoms with Gasteiger partial charge in [-0.15, -0.1) is 0 Å². The molecular weight excluding hydrogens is 450 g/mol. The molecule has 0 bridgehead atoms. The number of imide groups is 1. The number of rotatable bonds is 4. The molecule has 1 aliphatic heterocycles. The van der Waals surface area contributed by atoms with Crippen molar-refractivity contribution in [2.24, 2.45) is 0 Å². The molecule has 2 amide bonds. The molecule has 0 aromatic heterocycles. The smallest absolute Gasteiger partial charge is 0.282 e. The molecule has 4 rings (SSSR count). The summed E-state index contributed by atoms with van der Waals surface area (Å²) in [5.74, 6) is -1.72. The van der Waals surface area contributed by atoms with Gasteiger partial charge in [-0.05, 0) is 67.8 Å². The second kappa shape index (κ2) is 8.41. The standard InChI is InChI=1S/C25H19Cl2FN2O2/c1-13-7-9-17(14(2)11-13)22-23(29-21-6-4-5-18(26)15(21)3)25(32)30(24(22)31)16-8-10-20(28)19(27)12-16/h4-12,29H,1-3H3. The molecule has 3 aromatic rings. The van der Waals surface area contributed by atoms with Crippen LogP contribution >= 0.6 is 23.2 Å². The highest BCUT2D eigenvalue weighted by atomic mass is 35.5. The van der Waals surface area contributed by atoms with Crippen LogP contribution in [0.5, 0.6) is 0 Å². The molecular formula is C25H19Cl2FN2O2. The number of benzene rings is 3. The summed E-state index contributed by atoms with van der Waals surface area (Å²) in [4.78, 5) is 28.0. The lowest BCUT2D eigenvalue weighted by atomic mass is 9.97. The number of aryl methyl sites for hydroxylation is 2. The van der Waals surface area contributed by atoms with Gasteiger partial charge in [0.1, 0.15) is 11.5 Å². The lowest BCUT2D eigenvalue weighted by Gasteiger charge is -2.16. The molecule has 3 aromatic carbocycles. The number of amides is 2. The summed E-state index contributed by atoms with van der Waals surface area (Å²) in [5.41, 5.74) is 4.40. The van der Waals surface area contributed by atoms with E-state index in [9.17, 15) is 14.0 Å². The Kier molecular flexibility index (Phi) is 5.80. The molecule has 7 heteroatoms. The summed E-state index contributed by atoms with van der Waals surface area (Å²) in [7, 11) is 0. The van der Waals surface area contributed by atoms with Gasteiger partial charge in [0.2, 0.25) is 0 Å². The average molecular weight is 469 g/mol. The van der Waals surface area contributed by atoms with E-state index in [4.69, 9.17) is 23.2 Å². The lowest BCUT2D eigenvalue weighted by molar-refractivity contribution is -0.120. The van der Waals surface area contributed by atoms with Gasteiger partial charge in [0, 0.05) is 10.7 Å². The second-order valence-electron chi connectivity index (χ2n) is 7.65. The van der Waals surface area contributed by atoms with Crippen LogP contribution in [0.3, 0.4) is 0 Å². The van der Waals surface area contributed by atoms with Crippen molar-refractivity contribution in [3.05, 3.63) is 98.4 Å². The first-order chi connectivity index (χ1) is 15.2. The molecule has 32 heavy (non-hydrogen) atoms. The first kappa shape index (κ1) is 22.1. The number of nitrogens with zero attached hydrogens (tertiary/aromatic N) is 1. The van der Waals surface area contributed by atoms with Crippen LogP contribution in [0.15, 0.2) is 60.3 Å². The summed E-state index contributed by atoms with van der Waals surface area (Å²) in [5, 5.41) is 3.48. The van der Waals surface area contributed by atoms with Crippen LogP contribution in [0, 0.1) is 26.6 Å². The van der Waals surface area contributed by atoms with Crippen LogP contribution in [-0.2, 0) is 9.59 Å². The van der Waals surface area contributed by atoms with E-state index in [2.05, 4.69) is 5.32 Å². The molecule has 1 N–H and O–H groups in total. The van der Waals surface area contributed by atoms with Crippen LogP contribution in [0.1, 0.15) is 22.3 Å². The minimum atomic E-state index is -0.634. The molecule has 0 saturated carbocycles. The van der Waals surface area contributed by atoms with Crippen molar-refractivity contribution in [3.63, 3.8) is 0 Å². The Bertz CT molecular complexity index is 1320. The van der Waals surface area contributed by atoms with E-state index in [1.54, 1.807) is 18.2 Å². The number of halogens is 3. The summed E-state index contributed by atoms with van der Waals surface area (Å²) < 4.78 is 13.7. The Hall–Kier alpha value is -3.15. The van der Waals surface area contributed by atoms with Gasteiger partial charge >= 0.3 is 0 Å². The van der Waals surface area contributed by atoms with E-state index < -0.39 is 17.6 Å². The summed E-state index contributed by atoms with van der Waals surface area (Å²) in [6.07, 6.45) is 0. The maximum Gasteiger partial charge on any atom is 0.282 e. The molecule has 4 nitrogen and oxygen atoms in total.